The largest absolute Gasteiger partial charge is 0.277 e. The number of nitrogens with zero attached hydrogens (tertiary/aromatic N) is 3. The Morgan fingerprint density at radius 3 is 2.88 bits per heavy atom. The Balaban J connectivity index is 2.00. The first-order valence-corrected chi connectivity index (χ1v) is 5.46. The minimum Gasteiger partial charge on any atom is -0.277 e. The first-order valence-electron chi connectivity index (χ1n) is 5.46. The zero-order valence-electron chi connectivity index (χ0n) is 9.46. The van der Waals surface area contributed by atoms with Crippen molar-refractivity contribution in [2.75, 3.05) is 5.43 Å². The first-order chi connectivity index (χ1) is 8.33. The van der Waals surface area contributed by atoms with Crippen molar-refractivity contribution < 1.29 is 0 Å². The van der Waals surface area contributed by atoms with Crippen LogP contribution in [0.15, 0.2) is 48.8 Å². The summed E-state index contributed by atoms with van der Waals surface area (Å²) in [7, 11) is 0. The zero-order valence-corrected chi connectivity index (χ0v) is 9.46. The fourth-order valence-corrected chi connectivity index (χ4v) is 1.82. The minimum absolute atomic E-state index is 0.756. The second kappa shape index (κ2) is 3.90. The summed E-state index contributed by atoms with van der Waals surface area (Å²) >= 11 is 0. The van der Waals surface area contributed by atoms with E-state index in [4.69, 9.17) is 0 Å². The van der Waals surface area contributed by atoms with Gasteiger partial charge in [0.15, 0.2) is 0 Å². The summed E-state index contributed by atoms with van der Waals surface area (Å²) in [4.78, 5) is 8.38. The van der Waals surface area contributed by atoms with E-state index in [0.717, 1.165) is 17.2 Å². The van der Waals surface area contributed by atoms with Gasteiger partial charge in [-0.15, -0.1) is 0 Å². The topological polar surface area (TPSA) is 42.7 Å². The van der Waals surface area contributed by atoms with E-state index in [1.165, 1.54) is 5.39 Å². The fraction of sp³-hybridized carbons (Fsp3) is 0.0769. The van der Waals surface area contributed by atoms with Gasteiger partial charge in [0.05, 0.1) is 5.52 Å². The molecule has 0 fully saturated rings. The third-order valence-electron chi connectivity index (χ3n) is 2.61. The number of anilines is 1. The molecular weight excluding hydrogens is 212 g/mol. The van der Waals surface area contributed by atoms with E-state index in [9.17, 15) is 0 Å². The number of para-hydroxylation sites is 1. The van der Waals surface area contributed by atoms with E-state index in [0.29, 0.717) is 0 Å². The molecule has 2 aromatic heterocycles. The summed E-state index contributed by atoms with van der Waals surface area (Å²) in [6, 6.07) is 12.1. The zero-order chi connectivity index (χ0) is 11.7. The number of nitrogens with one attached hydrogen (secondary N) is 1. The second-order valence-corrected chi connectivity index (χ2v) is 3.85. The van der Waals surface area contributed by atoms with Gasteiger partial charge >= 0.3 is 0 Å². The van der Waals surface area contributed by atoms with Crippen molar-refractivity contribution in [2.24, 2.45) is 0 Å². The Kier molecular flexibility index (Phi) is 2.26. The van der Waals surface area contributed by atoms with Gasteiger partial charge < -0.3 is 0 Å². The van der Waals surface area contributed by atoms with Gasteiger partial charge in [-0.05, 0) is 19.1 Å². The number of fused-ring (bicyclic) bond motifs is 1. The predicted molar refractivity (Wildman–Crippen MR) is 67.7 cm³/mol. The lowest BCUT2D eigenvalue weighted by molar-refractivity contribution is 0.960. The van der Waals surface area contributed by atoms with Crippen LogP contribution in [0, 0.1) is 6.92 Å². The molecule has 4 heteroatoms. The highest BCUT2D eigenvalue weighted by Gasteiger charge is 2.00. The van der Waals surface area contributed by atoms with Crippen LogP contribution in [-0.2, 0) is 0 Å². The van der Waals surface area contributed by atoms with Crippen LogP contribution in [0.5, 0.6) is 0 Å². The van der Waals surface area contributed by atoms with E-state index in [1.54, 1.807) is 6.20 Å². The average molecular weight is 224 g/mol. The van der Waals surface area contributed by atoms with Gasteiger partial charge in [-0.2, -0.15) is 0 Å². The molecule has 0 amide bonds. The fourth-order valence-electron chi connectivity index (χ4n) is 1.82. The number of benzene rings is 1. The highest BCUT2D eigenvalue weighted by atomic mass is 15.4. The van der Waals surface area contributed by atoms with Crippen LogP contribution in [0.1, 0.15) is 5.82 Å². The summed E-state index contributed by atoms with van der Waals surface area (Å²) in [5.41, 5.74) is 4.36. The maximum atomic E-state index is 4.31. The lowest BCUT2D eigenvalue weighted by Gasteiger charge is -2.08. The van der Waals surface area contributed by atoms with Crippen molar-refractivity contribution in [3.63, 3.8) is 0 Å². The van der Waals surface area contributed by atoms with E-state index in [-0.39, 0.29) is 0 Å². The smallest absolute Gasteiger partial charge is 0.148 e. The Bertz CT molecular complexity index is 657. The second-order valence-electron chi connectivity index (χ2n) is 3.85. The first kappa shape index (κ1) is 9.84. The molecule has 0 aliphatic heterocycles. The van der Waals surface area contributed by atoms with Crippen molar-refractivity contribution in [1.82, 2.24) is 14.6 Å². The Morgan fingerprint density at radius 1 is 1.12 bits per heavy atom. The number of rotatable bonds is 2. The van der Waals surface area contributed by atoms with E-state index in [1.807, 2.05) is 36.0 Å². The van der Waals surface area contributed by atoms with Gasteiger partial charge in [0.2, 0.25) is 0 Å². The maximum Gasteiger partial charge on any atom is 0.148 e. The van der Waals surface area contributed by atoms with Gasteiger partial charge in [-0.3, -0.25) is 10.1 Å². The van der Waals surface area contributed by atoms with Crippen LogP contribution in [0.4, 0.5) is 5.82 Å². The average Bonchev–Trinajstić information content (AvgIpc) is 2.73. The molecule has 0 saturated heterocycles. The Hall–Kier alpha value is -2.36. The van der Waals surface area contributed by atoms with Crippen LogP contribution < -0.4 is 5.43 Å². The van der Waals surface area contributed by atoms with Crippen molar-refractivity contribution >= 4 is 16.7 Å². The SMILES string of the molecule is Cc1nccc(Nn2ccc3ccccc32)n1. The molecule has 17 heavy (non-hydrogen) atoms. The molecule has 2 heterocycles. The van der Waals surface area contributed by atoms with Gasteiger partial charge in [-0.25, -0.2) is 9.97 Å². The van der Waals surface area contributed by atoms with Crippen LogP contribution in [0.3, 0.4) is 0 Å². The summed E-state index contributed by atoms with van der Waals surface area (Å²) in [6.07, 6.45) is 3.73. The lowest BCUT2D eigenvalue weighted by Crippen LogP contribution is -2.09. The Morgan fingerprint density at radius 2 is 2.00 bits per heavy atom. The molecule has 0 spiro atoms. The monoisotopic (exact) mass is 224 g/mol. The van der Waals surface area contributed by atoms with Crippen molar-refractivity contribution in [3.05, 3.63) is 54.6 Å². The molecule has 0 bridgehead atoms. The molecule has 0 aliphatic carbocycles. The summed E-state index contributed by atoms with van der Waals surface area (Å²) < 4.78 is 1.96. The maximum absolute atomic E-state index is 4.31. The number of hydrogen-bond acceptors (Lipinski definition) is 3. The highest BCUT2D eigenvalue weighted by molar-refractivity contribution is 5.80. The summed E-state index contributed by atoms with van der Waals surface area (Å²) in [6.45, 7) is 1.87. The molecule has 84 valence electrons. The molecule has 0 atom stereocenters. The Labute approximate surface area is 98.9 Å². The molecule has 0 aliphatic rings. The van der Waals surface area contributed by atoms with E-state index in [2.05, 4.69) is 33.6 Å². The van der Waals surface area contributed by atoms with E-state index < -0.39 is 0 Å². The summed E-state index contributed by atoms with van der Waals surface area (Å²) in [5.74, 6) is 1.55. The normalized spacial score (nSPS) is 10.6. The molecule has 1 aromatic carbocycles. The van der Waals surface area contributed by atoms with Crippen molar-refractivity contribution in [3.8, 4) is 0 Å². The number of aryl methyl sites for hydroxylation is 1. The lowest BCUT2D eigenvalue weighted by atomic mass is 10.3. The molecule has 4 nitrogen and oxygen atoms in total. The van der Waals surface area contributed by atoms with Gasteiger partial charge in [0.1, 0.15) is 11.6 Å². The van der Waals surface area contributed by atoms with Gasteiger partial charge in [-0.1, -0.05) is 18.2 Å². The van der Waals surface area contributed by atoms with Crippen LogP contribution in [0.2, 0.25) is 0 Å². The standard InChI is InChI=1S/C13H12N4/c1-10-14-8-6-13(15-10)16-17-9-7-11-4-2-3-5-12(11)17/h2-9H,1H3,(H,14,15,16). The highest BCUT2D eigenvalue weighted by Crippen LogP contribution is 2.15. The number of hydrogen-bond donors (Lipinski definition) is 1. The predicted octanol–water partition coefficient (Wildman–Crippen LogP) is 2.61. The van der Waals surface area contributed by atoms with Crippen molar-refractivity contribution in [2.45, 2.75) is 6.92 Å². The minimum atomic E-state index is 0.756. The molecular formula is C13H12N4. The third kappa shape index (κ3) is 1.85. The molecule has 0 radical (unpaired) electrons. The van der Waals surface area contributed by atoms with Crippen LogP contribution >= 0.6 is 0 Å². The number of aromatic nitrogens is 3. The van der Waals surface area contributed by atoms with Crippen LogP contribution in [-0.4, -0.2) is 14.6 Å². The quantitative estimate of drug-likeness (QED) is 0.727. The molecule has 0 saturated carbocycles. The van der Waals surface area contributed by atoms with Gasteiger partial charge in [0.25, 0.3) is 0 Å². The molecule has 1 N–H and O–H groups in total. The molecule has 3 aromatic rings. The van der Waals surface area contributed by atoms with E-state index >= 15 is 0 Å². The molecule has 3 rings (SSSR count). The van der Waals surface area contributed by atoms with Crippen LogP contribution in [0.25, 0.3) is 10.9 Å². The van der Waals surface area contributed by atoms with Crippen molar-refractivity contribution in [1.29, 1.82) is 0 Å². The summed E-state index contributed by atoms with van der Waals surface area (Å²) in [5, 5.41) is 1.20. The van der Waals surface area contributed by atoms with Gasteiger partial charge in [0, 0.05) is 23.8 Å². The molecule has 0 unspecified atom stereocenters. The third-order valence-corrected chi connectivity index (χ3v) is 2.61.